The molecule has 0 spiro atoms. The summed E-state index contributed by atoms with van der Waals surface area (Å²) >= 11 is -3.71. The molecule has 0 aliphatic heterocycles. The van der Waals surface area contributed by atoms with Crippen molar-refractivity contribution in [2.24, 2.45) is 0 Å². The van der Waals surface area contributed by atoms with Crippen LogP contribution in [0.4, 0.5) is 0 Å². The Kier molecular flexibility index (Phi) is 6.69. The van der Waals surface area contributed by atoms with Crippen molar-refractivity contribution in [3.63, 3.8) is 0 Å². The van der Waals surface area contributed by atoms with Crippen LogP contribution in [0.15, 0.2) is 109 Å². The zero-order valence-electron chi connectivity index (χ0n) is 23.1. The van der Waals surface area contributed by atoms with Gasteiger partial charge in [0.2, 0.25) is 0 Å². The van der Waals surface area contributed by atoms with Gasteiger partial charge in [0.05, 0.1) is 0 Å². The van der Waals surface area contributed by atoms with Crippen LogP contribution in [0.2, 0.25) is 22.0 Å². The second-order valence-electron chi connectivity index (χ2n) is 12.2. The van der Waals surface area contributed by atoms with Gasteiger partial charge < -0.3 is 0 Å². The first-order valence-corrected chi connectivity index (χ1v) is 33.1. The summed E-state index contributed by atoms with van der Waals surface area (Å²) in [5.74, 6) is 0. The molecule has 4 aromatic carbocycles. The first-order chi connectivity index (χ1) is 18.4. The normalized spacial score (nSPS) is 17.9. The van der Waals surface area contributed by atoms with E-state index in [4.69, 9.17) is 0 Å². The number of fused-ring (bicyclic) bond motifs is 2. The summed E-state index contributed by atoms with van der Waals surface area (Å²) in [5.41, 5.74) is 11.0. The fourth-order valence-electron chi connectivity index (χ4n) is 7.45. The average molecular weight is 677 g/mol. The molecule has 0 nitrogen and oxygen atoms in total. The maximum atomic E-state index is 2.85. The number of hydrogen-bond donors (Lipinski definition) is 0. The van der Waals surface area contributed by atoms with E-state index in [0.717, 1.165) is 0 Å². The van der Waals surface area contributed by atoms with Crippen LogP contribution in [0.3, 0.4) is 0 Å². The molecule has 0 saturated carbocycles. The van der Waals surface area contributed by atoms with Crippen LogP contribution in [0.1, 0.15) is 42.9 Å². The van der Waals surface area contributed by atoms with E-state index in [2.05, 4.69) is 144 Å². The molecule has 2 unspecified atom stereocenters. The third-order valence-corrected chi connectivity index (χ3v) is 68.0. The predicted octanol–water partition coefficient (Wildman–Crippen LogP) is 10.7. The van der Waals surface area contributed by atoms with Gasteiger partial charge in [-0.3, -0.25) is 0 Å². The summed E-state index contributed by atoms with van der Waals surface area (Å²) in [6, 6.07) is 37.5. The Morgan fingerprint density at radius 3 is 1.47 bits per heavy atom. The van der Waals surface area contributed by atoms with E-state index >= 15 is 0 Å². The third-order valence-electron chi connectivity index (χ3n) is 9.92. The molecule has 190 valence electrons. The maximum absolute atomic E-state index is 3.71. The van der Waals surface area contributed by atoms with Gasteiger partial charge in [-0.25, -0.2) is 0 Å². The van der Waals surface area contributed by atoms with Crippen molar-refractivity contribution in [1.29, 1.82) is 0 Å². The van der Waals surface area contributed by atoms with Crippen LogP contribution in [-0.2, 0) is 17.1 Å². The fraction of sp³-hybridized carbons (Fsp3) is 0.222. The monoisotopic (exact) mass is 678 g/mol. The van der Waals surface area contributed by atoms with Crippen LogP contribution in [0.5, 0.6) is 0 Å². The standard InChI is InChI=1S/2C15H11.C4H10Si.2CH3.Hf/c2*1-2-6-12(7-3-1)14-10-4-8-13-9-5-11-15(13)14;1-3-4-5-2;;;/h2*1-11H;3-4H2,1-2H3;2*1H3;. The van der Waals surface area contributed by atoms with Crippen LogP contribution in [-0.4, -0.2) is 5.49 Å². The Morgan fingerprint density at radius 1 is 0.605 bits per heavy atom. The Morgan fingerprint density at radius 2 is 1.05 bits per heavy atom. The van der Waals surface area contributed by atoms with Crippen LogP contribution >= 0.6 is 0 Å². The van der Waals surface area contributed by atoms with Gasteiger partial charge in [0.1, 0.15) is 0 Å². The quantitative estimate of drug-likeness (QED) is 0.178. The Labute approximate surface area is 229 Å². The van der Waals surface area contributed by atoms with E-state index in [9.17, 15) is 0 Å². The van der Waals surface area contributed by atoms with Crippen molar-refractivity contribution in [3.05, 3.63) is 131 Å². The summed E-state index contributed by atoms with van der Waals surface area (Å²) in [4.78, 5) is 0. The molecule has 0 fully saturated rings. The molecule has 0 saturated heterocycles. The molecule has 2 heteroatoms. The van der Waals surface area contributed by atoms with E-state index in [1.54, 1.807) is 11.1 Å². The summed E-state index contributed by atoms with van der Waals surface area (Å²) in [7, 11) is 0. The number of benzene rings is 4. The zero-order valence-corrected chi connectivity index (χ0v) is 27.7. The molecular weight excluding hydrogens is 639 g/mol. The Balaban J connectivity index is 1.55. The second-order valence-corrected chi connectivity index (χ2v) is 59.6. The van der Waals surface area contributed by atoms with Crippen molar-refractivity contribution in [2.45, 2.75) is 42.6 Å². The van der Waals surface area contributed by atoms with Gasteiger partial charge in [-0.2, -0.15) is 0 Å². The molecule has 2 atom stereocenters. The summed E-state index contributed by atoms with van der Waals surface area (Å²) in [6.07, 6.45) is 11.5. The molecule has 0 heterocycles. The van der Waals surface area contributed by atoms with E-state index in [1.165, 1.54) is 45.8 Å². The third kappa shape index (κ3) is 3.95. The first kappa shape index (κ1) is 25.7. The molecule has 6 rings (SSSR count). The average Bonchev–Trinajstić information content (AvgIpc) is 3.60. The number of hydrogen-bond acceptors (Lipinski definition) is 0. The number of allylic oxidation sites excluding steroid dienone is 2. The SMILES string of the molecule is CCC[Si](C)=[Hf]([CH3])([CH3])([CH]1C=Cc2c(-c3ccccc3)cccc21)[CH]1C=Cc2c(-c3ccccc3)cccc21. The Hall–Kier alpha value is -2.55. The second kappa shape index (κ2) is 9.88. The predicted molar refractivity (Wildman–Crippen MR) is 166 cm³/mol. The minimum atomic E-state index is -3.71. The van der Waals surface area contributed by atoms with E-state index in [-0.39, 0.29) is 0 Å². The molecule has 2 aliphatic rings. The molecule has 0 radical (unpaired) electrons. The van der Waals surface area contributed by atoms with Crippen molar-refractivity contribution < 1.29 is 17.1 Å². The van der Waals surface area contributed by atoms with E-state index in [1.807, 2.05) is 0 Å². The van der Waals surface area contributed by atoms with Crippen LogP contribution in [0.25, 0.3) is 34.4 Å². The zero-order chi connectivity index (χ0) is 26.4. The van der Waals surface area contributed by atoms with Gasteiger partial charge in [0.25, 0.3) is 0 Å². The molecule has 2 aliphatic carbocycles. The molecule has 0 aromatic heterocycles. The molecule has 4 aromatic rings. The molecule has 0 bridgehead atoms. The van der Waals surface area contributed by atoms with E-state index < -0.39 is 22.6 Å². The molecule has 0 amide bonds. The van der Waals surface area contributed by atoms with Gasteiger partial charge >= 0.3 is 231 Å². The fourth-order valence-corrected chi connectivity index (χ4v) is 51.8. The summed E-state index contributed by atoms with van der Waals surface area (Å²) in [5, 5.41) is 0. The molecular formula is C36H38HfSi. The molecule has 38 heavy (non-hydrogen) atoms. The van der Waals surface area contributed by atoms with Crippen molar-refractivity contribution in [2.75, 3.05) is 0 Å². The summed E-state index contributed by atoms with van der Waals surface area (Å²) in [6.45, 7) is 5.09. The molecule has 0 N–H and O–H groups in total. The van der Waals surface area contributed by atoms with Crippen molar-refractivity contribution in [3.8, 4) is 22.3 Å². The van der Waals surface area contributed by atoms with Gasteiger partial charge in [0.15, 0.2) is 0 Å². The first-order valence-electron chi connectivity index (χ1n) is 14.2. The summed E-state index contributed by atoms with van der Waals surface area (Å²) < 4.78 is 6.86. The van der Waals surface area contributed by atoms with Crippen LogP contribution < -0.4 is 0 Å². The van der Waals surface area contributed by atoms with Crippen molar-refractivity contribution >= 4 is 17.6 Å². The van der Waals surface area contributed by atoms with Gasteiger partial charge in [-0.05, 0) is 0 Å². The Bertz CT molecular complexity index is 1520. The van der Waals surface area contributed by atoms with Gasteiger partial charge in [-0.15, -0.1) is 0 Å². The van der Waals surface area contributed by atoms with Crippen LogP contribution in [0, 0.1) is 0 Å². The van der Waals surface area contributed by atoms with E-state index in [0.29, 0.717) is 7.35 Å². The van der Waals surface area contributed by atoms with Gasteiger partial charge in [-0.1, -0.05) is 0 Å². The topological polar surface area (TPSA) is 0 Å². The van der Waals surface area contributed by atoms with Gasteiger partial charge in [0, 0.05) is 0 Å². The number of rotatable bonds is 6. The minimum absolute atomic E-state index is 0.561. The van der Waals surface area contributed by atoms with Crippen molar-refractivity contribution in [1.82, 2.24) is 0 Å².